The highest BCUT2D eigenvalue weighted by molar-refractivity contribution is 6.11. The number of carbonyl (C=O) groups is 2. The van der Waals surface area contributed by atoms with Crippen molar-refractivity contribution >= 4 is 39.4 Å². The zero-order chi connectivity index (χ0) is 21.6. The largest absolute Gasteiger partial charge is 0.347 e. The van der Waals surface area contributed by atoms with Gasteiger partial charge in [0.1, 0.15) is 5.70 Å². The zero-order valence-corrected chi connectivity index (χ0v) is 17.0. The third kappa shape index (κ3) is 4.38. The molecular weight excluding hydrogens is 384 g/mol. The molecule has 0 heterocycles. The molecule has 0 spiro atoms. The average molecular weight is 406 g/mol. The van der Waals surface area contributed by atoms with Gasteiger partial charge in [-0.05, 0) is 51.4 Å². The molecule has 0 saturated carbocycles. The molecule has 0 aliphatic carbocycles. The normalized spacial score (nSPS) is 11.3. The van der Waals surface area contributed by atoms with Crippen LogP contribution in [-0.4, -0.2) is 18.4 Å². The number of fused-ring (bicyclic) bond motifs is 2. The monoisotopic (exact) mass is 406 g/mol. The first-order chi connectivity index (χ1) is 15.2. The highest BCUT2D eigenvalue weighted by atomic mass is 16.2. The first kappa shape index (κ1) is 20.1. The topological polar surface area (TPSA) is 58.2 Å². The fraction of sp³-hybridized carbons (Fsp3) is 0.0370. The van der Waals surface area contributed by atoms with E-state index < -0.39 is 0 Å². The Hall–Kier alpha value is -4.18. The number of nitrogens with one attached hydrogen (secondary N) is 2. The summed E-state index contributed by atoms with van der Waals surface area (Å²) in [5.74, 6) is -0.716. The van der Waals surface area contributed by atoms with Gasteiger partial charge in [0.15, 0.2) is 0 Å². The molecule has 2 N–H and O–H groups in total. The third-order valence-corrected chi connectivity index (χ3v) is 5.04. The van der Waals surface area contributed by atoms with Crippen LogP contribution in [0.1, 0.15) is 15.9 Å². The zero-order valence-electron chi connectivity index (χ0n) is 17.0. The summed E-state index contributed by atoms with van der Waals surface area (Å²) in [5, 5.41) is 9.69. The molecule has 4 heteroatoms. The predicted octanol–water partition coefficient (Wildman–Crippen LogP) is 5.07. The Bertz CT molecular complexity index is 1250. The molecule has 0 atom stereocenters. The van der Waals surface area contributed by atoms with Gasteiger partial charge in [0.2, 0.25) is 0 Å². The van der Waals surface area contributed by atoms with Crippen molar-refractivity contribution in [3.05, 3.63) is 114 Å². The van der Waals surface area contributed by atoms with Crippen molar-refractivity contribution in [1.82, 2.24) is 10.6 Å². The second-order valence-electron chi connectivity index (χ2n) is 7.11. The Morgan fingerprint density at radius 1 is 0.806 bits per heavy atom. The molecule has 0 saturated heterocycles. The Labute approximate surface area is 180 Å². The number of rotatable bonds is 6. The average Bonchev–Trinajstić information content (AvgIpc) is 2.82. The molecule has 2 amide bonds. The molecule has 4 nitrogen and oxygen atoms in total. The summed E-state index contributed by atoms with van der Waals surface area (Å²) < 4.78 is 0. The molecule has 0 aliphatic rings. The van der Waals surface area contributed by atoms with Gasteiger partial charge in [-0.2, -0.15) is 0 Å². The maximum Gasteiger partial charge on any atom is 0.268 e. The summed E-state index contributed by atoms with van der Waals surface area (Å²) in [6, 6.07) is 27.0. The van der Waals surface area contributed by atoms with Crippen LogP contribution in [0.25, 0.3) is 27.6 Å². The lowest BCUT2D eigenvalue weighted by Gasteiger charge is -2.13. The minimum atomic E-state index is -0.374. The van der Waals surface area contributed by atoms with Crippen LogP contribution in [0.2, 0.25) is 0 Å². The van der Waals surface area contributed by atoms with Crippen LogP contribution in [0, 0.1) is 0 Å². The number of carbonyl (C=O) groups excluding carboxylic acids is 2. The van der Waals surface area contributed by atoms with Crippen LogP contribution in [0.15, 0.2) is 103 Å². The standard InChI is InChI=1S/C27H22N2O2/c1-2-16-28-27(31)25(29-26(30)19-10-4-3-5-11-19)18-24-22-14-8-6-12-20(22)17-21-13-7-9-15-23(21)24/h2-15,17-18H,1,16H2,(H,28,31)(H,29,30). The minimum Gasteiger partial charge on any atom is -0.347 e. The van der Waals surface area contributed by atoms with E-state index in [0.717, 1.165) is 27.1 Å². The lowest BCUT2D eigenvalue weighted by molar-refractivity contribution is -0.117. The fourth-order valence-electron chi connectivity index (χ4n) is 3.55. The Morgan fingerprint density at radius 2 is 1.39 bits per heavy atom. The van der Waals surface area contributed by atoms with Crippen LogP contribution in [-0.2, 0) is 4.79 Å². The van der Waals surface area contributed by atoms with Gasteiger partial charge in [-0.3, -0.25) is 9.59 Å². The van der Waals surface area contributed by atoms with Gasteiger partial charge in [0, 0.05) is 12.1 Å². The number of amides is 2. The van der Waals surface area contributed by atoms with E-state index >= 15 is 0 Å². The molecule has 152 valence electrons. The summed E-state index contributed by atoms with van der Waals surface area (Å²) in [6.07, 6.45) is 3.35. The van der Waals surface area contributed by atoms with E-state index in [1.54, 1.807) is 36.4 Å². The van der Waals surface area contributed by atoms with E-state index in [4.69, 9.17) is 0 Å². The van der Waals surface area contributed by atoms with Gasteiger partial charge in [0.25, 0.3) is 11.8 Å². The van der Waals surface area contributed by atoms with Crippen LogP contribution in [0.3, 0.4) is 0 Å². The summed E-state index contributed by atoms with van der Waals surface area (Å²) in [5.41, 5.74) is 1.54. The van der Waals surface area contributed by atoms with Crippen molar-refractivity contribution in [2.24, 2.45) is 0 Å². The summed E-state index contributed by atoms with van der Waals surface area (Å²) in [7, 11) is 0. The SMILES string of the molecule is C=CCNC(=O)C(=Cc1c2ccccc2cc2ccccc12)NC(=O)c1ccccc1. The van der Waals surface area contributed by atoms with Crippen molar-refractivity contribution in [3.8, 4) is 0 Å². The number of hydrogen-bond donors (Lipinski definition) is 2. The van der Waals surface area contributed by atoms with Gasteiger partial charge in [0.05, 0.1) is 0 Å². The Balaban J connectivity index is 1.86. The number of hydrogen-bond acceptors (Lipinski definition) is 2. The molecular formula is C27H22N2O2. The molecule has 0 fully saturated rings. The smallest absolute Gasteiger partial charge is 0.268 e. The van der Waals surface area contributed by atoms with E-state index in [1.165, 1.54) is 0 Å². The van der Waals surface area contributed by atoms with E-state index in [0.29, 0.717) is 12.1 Å². The Kier molecular flexibility index (Phi) is 5.90. The van der Waals surface area contributed by atoms with Crippen molar-refractivity contribution in [1.29, 1.82) is 0 Å². The molecule has 4 aromatic carbocycles. The van der Waals surface area contributed by atoms with Crippen molar-refractivity contribution in [2.75, 3.05) is 6.54 Å². The van der Waals surface area contributed by atoms with Crippen molar-refractivity contribution in [3.63, 3.8) is 0 Å². The lowest BCUT2D eigenvalue weighted by Crippen LogP contribution is -2.34. The quantitative estimate of drug-likeness (QED) is 0.267. The van der Waals surface area contributed by atoms with E-state index in [2.05, 4.69) is 23.3 Å². The van der Waals surface area contributed by atoms with Gasteiger partial charge >= 0.3 is 0 Å². The van der Waals surface area contributed by atoms with E-state index in [1.807, 2.05) is 54.6 Å². The van der Waals surface area contributed by atoms with E-state index in [-0.39, 0.29) is 17.5 Å². The first-order valence-corrected chi connectivity index (χ1v) is 10.0. The van der Waals surface area contributed by atoms with Gasteiger partial charge < -0.3 is 10.6 Å². The summed E-state index contributed by atoms with van der Waals surface area (Å²) in [4.78, 5) is 25.7. The first-order valence-electron chi connectivity index (χ1n) is 10.0. The Morgan fingerprint density at radius 3 is 2.00 bits per heavy atom. The maximum absolute atomic E-state index is 12.9. The van der Waals surface area contributed by atoms with Gasteiger partial charge in [-0.1, -0.05) is 72.8 Å². The maximum atomic E-state index is 12.9. The molecule has 4 aromatic rings. The third-order valence-electron chi connectivity index (χ3n) is 5.04. The predicted molar refractivity (Wildman–Crippen MR) is 127 cm³/mol. The molecule has 0 unspecified atom stereocenters. The molecule has 0 aromatic heterocycles. The minimum absolute atomic E-state index is 0.178. The molecule has 0 bridgehead atoms. The lowest BCUT2D eigenvalue weighted by atomic mass is 9.96. The van der Waals surface area contributed by atoms with Crippen LogP contribution >= 0.6 is 0 Å². The molecule has 31 heavy (non-hydrogen) atoms. The van der Waals surface area contributed by atoms with Crippen molar-refractivity contribution in [2.45, 2.75) is 0 Å². The van der Waals surface area contributed by atoms with Gasteiger partial charge in [-0.15, -0.1) is 6.58 Å². The van der Waals surface area contributed by atoms with Crippen LogP contribution in [0.4, 0.5) is 0 Å². The summed E-state index contributed by atoms with van der Waals surface area (Å²) in [6.45, 7) is 3.94. The van der Waals surface area contributed by atoms with Gasteiger partial charge in [-0.25, -0.2) is 0 Å². The molecule has 4 rings (SSSR count). The molecule has 0 radical (unpaired) electrons. The highest BCUT2D eigenvalue weighted by Crippen LogP contribution is 2.30. The second kappa shape index (κ2) is 9.09. The fourth-order valence-corrected chi connectivity index (χ4v) is 3.55. The van der Waals surface area contributed by atoms with E-state index in [9.17, 15) is 9.59 Å². The highest BCUT2D eigenvalue weighted by Gasteiger charge is 2.16. The van der Waals surface area contributed by atoms with Crippen molar-refractivity contribution < 1.29 is 9.59 Å². The van der Waals surface area contributed by atoms with Crippen LogP contribution in [0.5, 0.6) is 0 Å². The summed E-state index contributed by atoms with van der Waals surface area (Å²) >= 11 is 0. The molecule has 0 aliphatic heterocycles. The second-order valence-corrected chi connectivity index (χ2v) is 7.11. The van der Waals surface area contributed by atoms with Crippen LogP contribution < -0.4 is 10.6 Å². The number of benzene rings is 4.